The molecule has 1 fully saturated rings. The standard InChI is InChI=1S/C12H14N2O/c1-7-8-4-2-3-5-9(8)14-10-6-13-12(15)11(7)10/h2-5,7,10-11,14H,6H2,1H3,(H,13,15)/t7-,10+,11+/m1/s1. The molecule has 3 heteroatoms. The summed E-state index contributed by atoms with van der Waals surface area (Å²) in [5.74, 6) is 0.601. The SMILES string of the molecule is C[C@@H]1c2ccccc2N[C@H]2CNC(=O)[C@H]21. The van der Waals surface area contributed by atoms with E-state index in [-0.39, 0.29) is 17.9 Å². The van der Waals surface area contributed by atoms with Gasteiger partial charge < -0.3 is 10.6 Å². The summed E-state index contributed by atoms with van der Waals surface area (Å²) in [5, 5.41) is 6.36. The Hall–Kier alpha value is -1.51. The molecular formula is C12H14N2O. The van der Waals surface area contributed by atoms with Gasteiger partial charge in [0.1, 0.15) is 0 Å². The molecule has 1 aromatic rings. The van der Waals surface area contributed by atoms with Crippen molar-refractivity contribution in [1.29, 1.82) is 0 Å². The summed E-state index contributed by atoms with van der Waals surface area (Å²) in [7, 11) is 0. The van der Waals surface area contributed by atoms with E-state index in [2.05, 4.69) is 29.7 Å². The van der Waals surface area contributed by atoms with Crippen LogP contribution in [0.25, 0.3) is 0 Å². The topological polar surface area (TPSA) is 41.1 Å². The van der Waals surface area contributed by atoms with E-state index < -0.39 is 0 Å². The Morgan fingerprint density at radius 1 is 1.33 bits per heavy atom. The fraction of sp³-hybridized carbons (Fsp3) is 0.417. The number of benzene rings is 1. The first-order valence-electron chi connectivity index (χ1n) is 5.40. The third-order valence-electron chi connectivity index (χ3n) is 3.56. The summed E-state index contributed by atoms with van der Waals surface area (Å²) >= 11 is 0. The minimum absolute atomic E-state index is 0.0971. The smallest absolute Gasteiger partial charge is 0.225 e. The lowest BCUT2D eigenvalue weighted by molar-refractivity contribution is -0.123. The van der Waals surface area contributed by atoms with Crippen LogP contribution in [-0.4, -0.2) is 18.5 Å². The molecule has 15 heavy (non-hydrogen) atoms. The van der Waals surface area contributed by atoms with Gasteiger partial charge in [-0.25, -0.2) is 0 Å². The van der Waals surface area contributed by atoms with Crippen molar-refractivity contribution in [3.63, 3.8) is 0 Å². The molecule has 3 nitrogen and oxygen atoms in total. The molecule has 2 heterocycles. The van der Waals surface area contributed by atoms with Gasteiger partial charge in [0.2, 0.25) is 5.91 Å². The molecule has 1 amide bonds. The van der Waals surface area contributed by atoms with Crippen LogP contribution in [0.5, 0.6) is 0 Å². The molecule has 0 saturated carbocycles. The second-order valence-electron chi connectivity index (χ2n) is 4.40. The van der Waals surface area contributed by atoms with E-state index in [4.69, 9.17) is 0 Å². The maximum absolute atomic E-state index is 11.7. The molecule has 0 radical (unpaired) electrons. The normalized spacial score (nSPS) is 32.6. The number of carbonyl (C=O) groups is 1. The van der Waals surface area contributed by atoms with E-state index in [9.17, 15) is 4.79 Å². The van der Waals surface area contributed by atoms with Crippen molar-refractivity contribution >= 4 is 11.6 Å². The van der Waals surface area contributed by atoms with Gasteiger partial charge in [-0.1, -0.05) is 25.1 Å². The van der Waals surface area contributed by atoms with Gasteiger partial charge in [-0.15, -0.1) is 0 Å². The van der Waals surface area contributed by atoms with Crippen LogP contribution >= 0.6 is 0 Å². The second-order valence-corrected chi connectivity index (χ2v) is 4.40. The Morgan fingerprint density at radius 3 is 3.00 bits per heavy atom. The van der Waals surface area contributed by atoms with E-state index in [0.29, 0.717) is 5.92 Å². The Kier molecular flexibility index (Phi) is 1.75. The first-order valence-corrected chi connectivity index (χ1v) is 5.40. The lowest BCUT2D eigenvalue weighted by Crippen LogP contribution is -2.37. The monoisotopic (exact) mass is 202 g/mol. The van der Waals surface area contributed by atoms with Crippen molar-refractivity contribution in [3.05, 3.63) is 29.8 Å². The molecule has 0 aromatic heterocycles. The summed E-state index contributed by atoms with van der Waals surface area (Å²) < 4.78 is 0. The highest BCUT2D eigenvalue weighted by molar-refractivity contribution is 5.85. The molecule has 0 spiro atoms. The quantitative estimate of drug-likeness (QED) is 0.666. The molecule has 3 rings (SSSR count). The molecule has 78 valence electrons. The Labute approximate surface area is 88.9 Å². The molecule has 3 atom stereocenters. The molecular weight excluding hydrogens is 188 g/mol. The number of anilines is 1. The van der Waals surface area contributed by atoms with E-state index in [1.54, 1.807) is 0 Å². The molecule has 1 saturated heterocycles. The number of nitrogens with one attached hydrogen (secondary N) is 2. The van der Waals surface area contributed by atoms with E-state index in [0.717, 1.165) is 6.54 Å². The lowest BCUT2D eigenvalue weighted by atomic mass is 9.80. The number of para-hydroxylation sites is 1. The van der Waals surface area contributed by atoms with Crippen LogP contribution in [0.15, 0.2) is 24.3 Å². The Balaban J connectivity index is 2.07. The molecule has 2 aliphatic rings. The van der Waals surface area contributed by atoms with Gasteiger partial charge in [0, 0.05) is 12.2 Å². The fourth-order valence-corrected chi connectivity index (χ4v) is 2.77. The minimum atomic E-state index is 0.0971. The van der Waals surface area contributed by atoms with Crippen LogP contribution < -0.4 is 10.6 Å². The summed E-state index contributed by atoms with van der Waals surface area (Å²) in [6.07, 6.45) is 0. The van der Waals surface area contributed by atoms with Crippen molar-refractivity contribution in [2.24, 2.45) is 5.92 Å². The van der Waals surface area contributed by atoms with E-state index in [1.165, 1.54) is 11.3 Å². The minimum Gasteiger partial charge on any atom is -0.379 e. The van der Waals surface area contributed by atoms with Gasteiger partial charge in [-0.2, -0.15) is 0 Å². The predicted molar refractivity (Wildman–Crippen MR) is 58.8 cm³/mol. The maximum atomic E-state index is 11.7. The molecule has 1 aromatic carbocycles. The number of amides is 1. The average molecular weight is 202 g/mol. The molecule has 2 aliphatic heterocycles. The first kappa shape index (κ1) is 8.77. The second kappa shape index (κ2) is 2.99. The number of carbonyl (C=O) groups excluding carboxylic acids is 1. The highest BCUT2D eigenvalue weighted by Gasteiger charge is 2.42. The fourth-order valence-electron chi connectivity index (χ4n) is 2.77. The van der Waals surface area contributed by atoms with Crippen LogP contribution in [0.4, 0.5) is 5.69 Å². The summed E-state index contributed by atoms with van der Waals surface area (Å²) in [6.45, 7) is 2.89. The van der Waals surface area contributed by atoms with Crippen LogP contribution in [0.1, 0.15) is 18.4 Å². The average Bonchev–Trinajstić information content (AvgIpc) is 2.61. The Morgan fingerprint density at radius 2 is 2.13 bits per heavy atom. The number of rotatable bonds is 0. The predicted octanol–water partition coefficient (Wildman–Crippen LogP) is 1.33. The van der Waals surface area contributed by atoms with E-state index in [1.807, 2.05) is 12.1 Å². The highest BCUT2D eigenvalue weighted by Crippen LogP contribution is 2.39. The van der Waals surface area contributed by atoms with Gasteiger partial charge in [-0.3, -0.25) is 4.79 Å². The van der Waals surface area contributed by atoms with Gasteiger partial charge in [0.25, 0.3) is 0 Å². The van der Waals surface area contributed by atoms with Crippen molar-refractivity contribution < 1.29 is 4.79 Å². The molecule has 0 bridgehead atoms. The summed E-state index contributed by atoms with van der Waals surface area (Å²) in [6, 6.07) is 8.52. The third-order valence-corrected chi connectivity index (χ3v) is 3.56. The summed E-state index contributed by atoms with van der Waals surface area (Å²) in [4.78, 5) is 11.7. The summed E-state index contributed by atoms with van der Waals surface area (Å²) in [5.41, 5.74) is 2.44. The zero-order valence-corrected chi connectivity index (χ0v) is 8.66. The zero-order valence-electron chi connectivity index (χ0n) is 8.66. The van der Waals surface area contributed by atoms with Gasteiger partial charge in [-0.05, 0) is 17.5 Å². The zero-order chi connectivity index (χ0) is 10.4. The van der Waals surface area contributed by atoms with E-state index >= 15 is 0 Å². The van der Waals surface area contributed by atoms with Crippen LogP contribution in [0, 0.1) is 5.92 Å². The molecule has 0 unspecified atom stereocenters. The number of hydrogen-bond acceptors (Lipinski definition) is 2. The van der Waals surface area contributed by atoms with Crippen molar-refractivity contribution in [2.75, 3.05) is 11.9 Å². The third kappa shape index (κ3) is 1.16. The lowest BCUT2D eigenvalue weighted by Gasteiger charge is -2.32. The maximum Gasteiger partial charge on any atom is 0.225 e. The van der Waals surface area contributed by atoms with Crippen molar-refractivity contribution in [2.45, 2.75) is 18.9 Å². The first-order chi connectivity index (χ1) is 7.27. The largest absolute Gasteiger partial charge is 0.379 e. The number of fused-ring (bicyclic) bond motifs is 2. The Bertz CT molecular complexity index is 416. The van der Waals surface area contributed by atoms with Crippen molar-refractivity contribution in [1.82, 2.24) is 5.32 Å². The molecule has 0 aliphatic carbocycles. The molecule has 2 N–H and O–H groups in total. The van der Waals surface area contributed by atoms with Gasteiger partial charge in [0.15, 0.2) is 0 Å². The van der Waals surface area contributed by atoms with Crippen LogP contribution in [0.3, 0.4) is 0 Å². The highest BCUT2D eigenvalue weighted by atomic mass is 16.2. The van der Waals surface area contributed by atoms with Crippen molar-refractivity contribution in [3.8, 4) is 0 Å². The van der Waals surface area contributed by atoms with Gasteiger partial charge in [0.05, 0.1) is 12.0 Å². The van der Waals surface area contributed by atoms with Gasteiger partial charge >= 0.3 is 0 Å². The van der Waals surface area contributed by atoms with Crippen LogP contribution in [-0.2, 0) is 4.79 Å². The number of hydrogen-bond donors (Lipinski definition) is 2. The van der Waals surface area contributed by atoms with Crippen LogP contribution in [0.2, 0.25) is 0 Å².